The number of hydrogen-bond acceptors (Lipinski definition) is 4. The summed E-state index contributed by atoms with van der Waals surface area (Å²) in [6.45, 7) is 11.3. The second-order valence-electron chi connectivity index (χ2n) is 7.92. The van der Waals surface area contributed by atoms with E-state index in [2.05, 4.69) is 48.5 Å². The Morgan fingerprint density at radius 3 is 2.67 bits per heavy atom. The van der Waals surface area contributed by atoms with Gasteiger partial charge in [-0.2, -0.15) is 0 Å². The van der Waals surface area contributed by atoms with Gasteiger partial charge in [0.05, 0.1) is 6.67 Å². The predicted molar refractivity (Wildman–Crippen MR) is 98.8 cm³/mol. The first-order chi connectivity index (χ1) is 10.9. The molecule has 0 saturated heterocycles. The van der Waals surface area contributed by atoms with Crippen LogP contribution in [0.2, 0.25) is 0 Å². The number of pyridine rings is 1. The Morgan fingerprint density at radius 1 is 1.29 bits per heavy atom. The van der Waals surface area contributed by atoms with Crippen LogP contribution in [0.5, 0.6) is 0 Å². The molecule has 2 aliphatic rings. The molecule has 0 aromatic carbocycles. The highest BCUT2D eigenvalue weighted by Gasteiger charge is 2.38. The predicted octanol–water partition coefficient (Wildman–Crippen LogP) is 3.63. The molecule has 0 amide bonds. The van der Waals surface area contributed by atoms with Gasteiger partial charge in [-0.15, -0.1) is 12.4 Å². The SMILES string of the molecule is CC(C)N1CN(Cc2cccnc2)CC2=C1CC(C)(C)CC2=O.Cl. The molecule has 1 aromatic rings. The molecule has 0 atom stereocenters. The highest BCUT2D eigenvalue weighted by Crippen LogP contribution is 2.40. The van der Waals surface area contributed by atoms with Crippen LogP contribution in [-0.4, -0.2) is 39.8 Å². The van der Waals surface area contributed by atoms with Crippen LogP contribution in [0.3, 0.4) is 0 Å². The molecular weight excluding hydrogens is 322 g/mol. The number of carbonyl (C=O) groups is 1. The molecule has 4 nitrogen and oxygen atoms in total. The van der Waals surface area contributed by atoms with Gasteiger partial charge in [-0.05, 0) is 37.3 Å². The maximum atomic E-state index is 12.7. The molecule has 3 rings (SSSR count). The van der Waals surface area contributed by atoms with E-state index in [0.29, 0.717) is 18.2 Å². The Kier molecular flexibility index (Phi) is 5.71. The molecule has 0 saturated carbocycles. The van der Waals surface area contributed by atoms with Gasteiger partial charge in [0.25, 0.3) is 0 Å². The molecule has 5 heteroatoms. The lowest BCUT2D eigenvalue weighted by molar-refractivity contribution is -0.119. The number of hydrogen-bond donors (Lipinski definition) is 0. The molecule has 24 heavy (non-hydrogen) atoms. The van der Waals surface area contributed by atoms with Crippen molar-refractivity contribution in [3.8, 4) is 0 Å². The van der Waals surface area contributed by atoms with Crippen LogP contribution in [0.15, 0.2) is 35.8 Å². The van der Waals surface area contributed by atoms with Crippen molar-refractivity contribution in [1.29, 1.82) is 0 Å². The minimum Gasteiger partial charge on any atom is -0.359 e. The molecule has 0 bridgehead atoms. The number of carbonyl (C=O) groups excluding carboxylic acids is 1. The number of rotatable bonds is 3. The maximum absolute atomic E-state index is 12.7. The van der Waals surface area contributed by atoms with Crippen LogP contribution in [0.1, 0.15) is 46.1 Å². The van der Waals surface area contributed by atoms with Crippen LogP contribution in [0.25, 0.3) is 0 Å². The molecule has 132 valence electrons. The highest BCUT2D eigenvalue weighted by molar-refractivity contribution is 5.98. The van der Waals surface area contributed by atoms with Gasteiger partial charge >= 0.3 is 0 Å². The minimum absolute atomic E-state index is 0. The standard InChI is InChI=1S/C19H27N3O.ClH/c1-14(2)22-13-21(11-15-6-5-7-20-10-15)12-16-17(22)8-19(3,4)9-18(16)23;/h5-7,10,14H,8-9,11-13H2,1-4H3;1H. The van der Waals surface area contributed by atoms with Crippen LogP contribution in [0.4, 0.5) is 0 Å². The third kappa shape index (κ3) is 3.98. The summed E-state index contributed by atoms with van der Waals surface area (Å²) in [5, 5.41) is 0. The van der Waals surface area contributed by atoms with E-state index in [1.54, 1.807) is 6.20 Å². The second kappa shape index (κ2) is 7.24. The van der Waals surface area contributed by atoms with Gasteiger partial charge in [0.1, 0.15) is 0 Å². The first-order valence-corrected chi connectivity index (χ1v) is 8.49. The van der Waals surface area contributed by atoms with Crippen molar-refractivity contribution in [2.45, 2.75) is 53.1 Å². The summed E-state index contributed by atoms with van der Waals surface area (Å²) >= 11 is 0. The first kappa shape index (κ1) is 18.9. The average Bonchev–Trinajstić information content (AvgIpc) is 2.47. The molecule has 0 fully saturated rings. The molecular formula is C19H28ClN3O. The number of allylic oxidation sites excluding steroid dienone is 1. The smallest absolute Gasteiger partial charge is 0.162 e. The Morgan fingerprint density at radius 2 is 2.04 bits per heavy atom. The third-order valence-electron chi connectivity index (χ3n) is 4.80. The summed E-state index contributed by atoms with van der Waals surface area (Å²) in [6.07, 6.45) is 5.38. The van der Waals surface area contributed by atoms with Crippen molar-refractivity contribution in [2.75, 3.05) is 13.2 Å². The molecule has 0 unspecified atom stereocenters. The maximum Gasteiger partial charge on any atom is 0.162 e. The van der Waals surface area contributed by atoms with Crippen molar-refractivity contribution in [2.24, 2.45) is 5.41 Å². The summed E-state index contributed by atoms with van der Waals surface area (Å²) in [5.41, 5.74) is 3.59. The van der Waals surface area contributed by atoms with E-state index in [-0.39, 0.29) is 17.8 Å². The van der Waals surface area contributed by atoms with E-state index in [1.807, 2.05) is 12.3 Å². The fraction of sp³-hybridized carbons (Fsp3) is 0.579. The van der Waals surface area contributed by atoms with E-state index in [0.717, 1.165) is 31.8 Å². The van der Waals surface area contributed by atoms with Gasteiger partial charge in [-0.1, -0.05) is 19.9 Å². The van der Waals surface area contributed by atoms with Crippen LogP contribution in [-0.2, 0) is 11.3 Å². The van der Waals surface area contributed by atoms with Crippen LogP contribution < -0.4 is 0 Å². The normalized spacial score (nSPS) is 20.9. The van der Waals surface area contributed by atoms with E-state index in [9.17, 15) is 4.79 Å². The summed E-state index contributed by atoms with van der Waals surface area (Å²) in [4.78, 5) is 21.7. The number of halogens is 1. The van der Waals surface area contributed by atoms with Crippen molar-refractivity contribution in [1.82, 2.24) is 14.8 Å². The summed E-state index contributed by atoms with van der Waals surface area (Å²) in [5.74, 6) is 0.331. The fourth-order valence-corrected chi connectivity index (χ4v) is 3.68. The van der Waals surface area contributed by atoms with E-state index in [1.165, 1.54) is 11.3 Å². The number of nitrogens with zero attached hydrogens (tertiary/aromatic N) is 3. The average molecular weight is 350 g/mol. The van der Waals surface area contributed by atoms with E-state index >= 15 is 0 Å². The van der Waals surface area contributed by atoms with Crippen molar-refractivity contribution in [3.05, 3.63) is 41.4 Å². The van der Waals surface area contributed by atoms with E-state index < -0.39 is 0 Å². The summed E-state index contributed by atoms with van der Waals surface area (Å²) < 4.78 is 0. The van der Waals surface area contributed by atoms with Gasteiger partial charge in [-0.3, -0.25) is 14.7 Å². The van der Waals surface area contributed by atoms with E-state index in [4.69, 9.17) is 0 Å². The zero-order valence-electron chi connectivity index (χ0n) is 15.1. The third-order valence-corrected chi connectivity index (χ3v) is 4.80. The second-order valence-corrected chi connectivity index (χ2v) is 7.92. The topological polar surface area (TPSA) is 36.4 Å². The van der Waals surface area contributed by atoms with Gasteiger partial charge in [0.2, 0.25) is 0 Å². The highest BCUT2D eigenvalue weighted by atomic mass is 35.5. The molecule has 2 heterocycles. The minimum atomic E-state index is 0. The Labute approximate surface area is 151 Å². The number of Topliss-reactive ketones (excluding diaryl/α,β-unsaturated/α-hetero) is 1. The molecule has 0 spiro atoms. The van der Waals surface area contributed by atoms with Crippen molar-refractivity contribution < 1.29 is 4.79 Å². The monoisotopic (exact) mass is 349 g/mol. The van der Waals surface area contributed by atoms with Crippen molar-refractivity contribution >= 4 is 18.2 Å². The largest absolute Gasteiger partial charge is 0.359 e. The molecule has 1 aromatic heterocycles. The molecule has 1 aliphatic heterocycles. The molecule has 0 N–H and O–H groups in total. The van der Waals surface area contributed by atoms with Crippen molar-refractivity contribution in [3.63, 3.8) is 0 Å². The zero-order valence-corrected chi connectivity index (χ0v) is 15.9. The Bertz CT molecular complexity index is 625. The lowest BCUT2D eigenvalue weighted by Crippen LogP contribution is -2.50. The number of ketones is 1. The fourth-order valence-electron chi connectivity index (χ4n) is 3.68. The Hall–Kier alpha value is -1.39. The van der Waals surface area contributed by atoms with Gasteiger partial charge in [0, 0.05) is 49.2 Å². The van der Waals surface area contributed by atoms with Gasteiger partial charge in [0.15, 0.2) is 5.78 Å². The van der Waals surface area contributed by atoms with Gasteiger partial charge in [-0.25, -0.2) is 0 Å². The van der Waals surface area contributed by atoms with Crippen LogP contribution >= 0.6 is 12.4 Å². The zero-order chi connectivity index (χ0) is 16.6. The molecule has 0 radical (unpaired) electrons. The summed E-state index contributed by atoms with van der Waals surface area (Å²) in [6, 6.07) is 4.47. The quantitative estimate of drug-likeness (QED) is 0.835. The molecule has 1 aliphatic carbocycles. The summed E-state index contributed by atoms with van der Waals surface area (Å²) in [7, 11) is 0. The lowest BCUT2D eigenvalue weighted by atomic mass is 9.74. The Balaban J connectivity index is 0.00000208. The van der Waals surface area contributed by atoms with Gasteiger partial charge < -0.3 is 4.90 Å². The lowest BCUT2D eigenvalue weighted by Gasteiger charge is -2.46. The first-order valence-electron chi connectivity index (χ1n) is 8.49. The van der Waals surface area contributed by atoms with Crippen LogP contribution in [0, 0.1) is 5.41 Å². The number of aromatic nitrogens is 1.